The molecule has 10 heteroatoms. The van der Waals surface area contributed by atoms with E-state index in [1.54, 1.807) is 36.5 Å². The molecule has 5 rings (SSSR count). The van der Waals surface area contributed by atoms with Crippen molar-refractivity contribution in [3.8, 4) is 28.7 Å². The molecule has 43 heavy (non-hydrogen) atoms. The van der Waals surface area contributed by atoms with Gasteiger partial charge in [-0.3, -0.25) is 4.57 Å². The van der Waals surface area contributed by atoms with Gasteiger partial charge in [0.15, 0.2) is 18.3 Å². The van der Waals surface area contributed by atoms with Crippen LogP contribution in [0.2, 0.25) is 0 Å². The zero-order chi connectivity index (χ0) is 30.2. The number of unbranched alkanes of at least 4 members (excludes halogenated alkanes) is 1. The van der Waals surface area contributed by atoms with E-state index in [1.165, 1.54) is 19.2 Å². The fraction of sp³-hybridized carbons (Fsp3) is 0.273. The monoisotopic (exact) mass is 588 g/mol. The van der Waals surface area contributed by atoms with Gasteiger partial charge in [0.25, 0.3) is 0 Å². The number of imidazole rings is 1. The lowest BCUT2D eigenvalue weighted by molar-refractivity contribution is -0.132. The van der Waals surface area contributed by atoms with Gasteiger partial charge in [-0.25, -0.2) is 14.2 Å². The number of fused-ring (bicyclic) bond motifs is 1. The average molecular weight is 589 g/mol. The van der Waals surface area contributed by atoms with E-state index < -0.39 is 5.97 Å². The minimum Gasteiger partial charge on any atom is -0.496 e. The van der Waals surface area contributed by atoms with Gasteiger partial charge in [-0.2, -0.15) is 0 Å². The molecule has 1 aliphatic heterocycles. The molecule has 224 valence electrons. The summed E-state index contributed by atoms with van der Waals surface area (Å²) >= 11 is 0. The summed E-state index contributed by atoms with van der Waals surface area (Å²) in [7, 11) is 1.53. The van der Waals surface area contributed by atoms with Gasteiger partial charge in [0.05, 0.1) is 25.6 Å². The van der Waals surface area contributed by atoms with E-state index in [0.717, 1.165) is 36.3 Å². The lowest BCUT2D eigenvalue weighted by Crippen LogP contribution is -2.08. The SMILES string of the molecule is CCCCc1ncc(/C=C(\Cc2cc3c(cc2OC)OCO3)C(=O)O)n1-c1ccc(OCOCc2ccc(F)cc2)cc1. The quantitative estimate of drug-likeness (QED) is 0.103. The third-order valence-electron chi connectivity index (χ3n) is 6.96. The topological polar surface area (TPSA) is 101 Å². The van der Waals surface area contributed by atoms with Gasteiger partial charge in [0.1, 0.15) is 23.1 Å². The van der Waals surface area contributed by atoms with E-state index >= 15 is 0 Å². The fourth-order valence-electron chi connectivity index (χ4n) is 4.72. The number of nitrogens with zero attached hydrogens (tertiary/aromatic N) is 2. The lowest BCUT2D eigenvalue weighted by Gasteiger charge is -2.13. The molecule has 0 unspecified atom stereocenters. The zero-order valence-electron chi connectivity index (χ0n) is 24.0. The number of aliphatic carboxylic acids is 1. The van der Waals surface area contributed by atoms with Crippen LogP contribution >= 0.6 is 0 Å². The third kappa shape index (κ3) is 7.34. The molecular weight excluding hydrogens is 555 g/mol. The summed E-state index contributed by atoms with van der Waals surface area (Å²) in [6, 6.07) is 17.0. The Kier molecular flexibility index (Phi) is 9.58. The third-order valence-corrected chi connectivity index (χ3v) is 6.96. The minimum absolute atomic E-state index is 0.0306. The molecule has 1 aliphatic rings. The Labute approximate surface area is 249 Å². The van der Waals surface area contributed by atoms with Gasteiger partial charge < -0.3 is 28.8 Å². The Morgan fingerprint density at radius 3 is 2.53 bits per heavy atom. The van der Waals surface area contributed by atoms with Gasteiger partial charge in [-0.05, 0) is 60.5 Å². The van der Waals surface area contributed by atoms with Crippen LogP contribution < -0.4 is 18.9 Å². The van der Waals surface area contributed by atoms with E-state index in [1.807, 2.05) is 28.8 Å². The van der Waals surface area contributed by atoms with Crippen LogP contribution in [0, 0.1) is 5.82 Å². The number of benzene rings is 3. The summed E-state index contributed by atoms with van der Waals surface area (Å²) in [5.74, 6) is 1.73. The van der Waals surface area contributed by atoms with Gasteiger partial charge >= 0.3 is 5.97 Å². The summed E-state index contributed by atoms with van der Waals surface area (Å²) in [4.78, 5) is 17.0. The Morgan fingerprint density at radius 2 is 1.84 bits per heavy atom. The standard InChI is InChI=1S/C33H33FN2O7/c1-3-4-5-32-35-18-27(15-24(33(37)38)14-23-16-30-31(43-21-42-30)17-29(23)39-2)36(32)26-10-12-28(13-11-26)41-20-40-19-22-6-8-25(34)9-7-22/h6-13,15-18H,3-5,14,19-21H2,1-2H3,(H,37,38)/b24-15+. The number of carbonyl (C=O) groups is 1. The highest BCUT2D eigenvalue weighted by Crippen LogP contribution is 2.39. The van der Waals surface area contributed by atoms with E-state index in [4.69, 9.17) is 23.7 Å². The molecule has 2 heterocycles. The van der Waals surface area contributed by atoms with Crippen LogP contribution in [-0.2, 0) is 29.0 Å². The number of hydrogen-bond acceptors (Lipinski definition) is 7. The fourth-order valence-corrected chi connectivity index (χ4v) is 4.72. The van der Waals surface area contributed by atoms with Gasteiger partial charge in [0, 0.05) is 35.7 Å². The second-order valence-corrected chi connectivity index (χ2v) is 9.94. The van der Waals surface area contributed by atoms with Crippen LogP contribution in [-0.4, -0.2) is 41.3 Å². The molecular formula is C33H33FN2O7. The molecule has 1 aromatic heterocycles. The van der Waals surface area contributed by atoms with Crippen molar-refractivity contribution in [3.05, 3.63) is 101 Å². The number of aryl methyl sites for hydroxylation is 1. The largest absolute Gasteiger partial charge is 0.496 e. The first-order valence-corrected chi connectivity index (χ1v) is 14.0. The minimum atomic E-state index is -1.05. The molecule has 9 nitrogen and oxygen atoms in total. The first-order chi connectivity index (χ1) is 20.9. The van der Waals surface area contributed by atoms with Crippen molar-refractivity contribution in [2.24, 2.45) is 0 Å². The van der Waals surface area contributed by atoms with Crippen molar-refractivity contribution in [2.45, 2.75) is 39.2 Å². The first kappa shape index (κ1) is 29.7. The summed E-state index contributed by atoms with van der Waals surface area (Å²) in [6.07, 6.45) is 6.11. The maximum absolute atomic E-state index is 13.1. The predicted octanol–water partition coefficient (Wildman–Crippen LogP) is 6.36. The van der Waals surface area contributed by atoms with Crippen LogP contribution in [0.15, 0.2) is 72.4 Å². The van der Waals surface area contributed by atoms with E-state index in [2.05, 4.69) is 11.9 Å². The Balaban J connectivity index is 1.35. The van der Waals surface area contributed by atoms with Crippen molar-refractivity contribution in [1.29, 1.82) is 0 Å². The summed E-state index contributed by atoms with van der Waals surface area (Å²) in [5.41, 5.74) is 3.14. The van der Waals surface area contributed by atoms with Gasteiger partial charge in [-0.1, -0.05) is 25.5 Å². The molecule has 0 radical (unpaired) electrons. The molecule has 0 fully saturated rings. The molecule has 0 saturated carbocycles. The number of rotatable bonds is 14. The van der Waals surface area contributed by atoms with Crippen molar-refractivity contribution in [3.63, 3.8) is 0 Å². The number of aromatic nitrogens is 2. The maximum atomic E-state index is 13.1. The number of carboxylic acids is 1. The van der Waals surface area contributed by atoms with Gasteiger partial charge in [-0.15, -0.1) is 0 Å². The molecule has 0 amide bonds. The molecule has 1 N–H and O–H groups in total. The molecule has 0 atom stereocenters. The summed E-state index contributed by atoms with van der Waals surface area (Å²) in [5, 5.41) is 10.1. The molecule has 0 saturated heterocycles. The van der Waals surface area contributed by atoms with Crippen molar-refractivity contribution >= 4 is 12.0 Å². The first-order valence-electron chi connectivity index (χ1n) is 14.0. The van der Waals surface area contributed by atoms with Crippen molar-refractivity contribution in [1.82, 2.24) is 9.55 Å². The molecule has 0 aliphatic carbocycles. The summed E-state index contributed by atoms with van der Waals surface area (Å²) in [6.45, 7) is 2.55. The Morgan fingerprint density at radius 1 is 1.09 bits per heavy atom. The molecule has 0 bridgehead atoms. The van der Waals surface area contributed by atoms with Gasteiger partial charge in [0.2, 0.25) is 6.79 Å². The highest BCUT2D eigenvalue weighted by molar-refractivity contribution is 5.92. The Hall–Kier alpha value is -4.83. The predicted molar refractivity (Wildman–Crippen MR) is 157 cm³/mol. The van der Waals surface area contributed by atoms with E-state index in [-0.39, 0.29) is 31.4 Å². The molecule has 4 aromatic rings. The van der Waals surface area contributed by atoms with Crippen molar-refractivity contribution < 1.29 is 38.0 Å². The average Bonchev–Trinajstić information content (AvgIpc) is 3.65. The number of halogens is 1. The highest BCUT2D eigenvalue weighted by Gasteiger charge is 2.21. The number of hydrogen-bond donors (Lipinski definition) is 1. The van der Waals surface area contributed by atoms with E-state index in [0.29, 0.717) is 40.9 Å². The van der Waals surface area contributed by atoms with Crippen LogP contribution in [0.4, 0.5) is 4.39 Å². The van der Waals surface area contributed by atoms with Crippen LogP contribution in [0.5, 0.6) is 23.0 Å². The maximum Gasteiger partial charge on any atom is 0.331 e. The smallest absolute Gasteiger partial charge is 0.331 e. The van der Waals surface area contributed by atoms with Crippen LogP contribution in [0.25, 0.3) is 11.8 Å². The van der Waals surface area contributed by atoms with Crippen LogP contribution in [0.1, 0.15) is 42.4 Å². The molecule has 3 aromatic carbocycles. The summed E-state index contributed by atoms with van der Waals surface area (Å²) < 4.78 is 42.8. The lowest BCUT2D eigenvalue weighted by atomic mass is 10.0. The Bertz CT molecular complexity index is 1580. The zero-order valence-corrected chi connectivity index (χ0v) is 24.0. The second kappa shape index (κ2) is 13.9. The normalized spacial score (nSPS) is 12.4. The molecule has 0 spiro atoms. The van der Waals surface area contributed by atoms with Crippen molar-refractivity contribution in [2.75, 3.05) is 20.7 Å². The second-order valence-electron chi connectivity index (χ2n) is 9.94. The van der Waals surface area contributed by atoms with E-state index in [9.17, 15) is 14.3 Å². The number of carboxylic acid groups (broad SMARTS) is 1. The van der Waals surface area contributed by atoms with Crippen LogP contribution in [0.3, 0.4) is 0 Å². The number of methoxy groups -OCH3 is 1. The highest BCUT2D eigenvalue weighted by atomic mass is 19.1. The number of ether oxygens (including phenoxy) is 5.